The Labute approximate surface area is 119 Å². The molecular weight excluding hydrogens is 272 g/mol. The quantitative estimate of drug-likeness (QED) is 0.942. The van der Waals surface area contributed by atoms with E-state index >= 15 is 0 Å². The van der Waals surface area contributed by atoms with Gasteiger partial charge in [-0.05, 0) is 31.5 Å². The molecule has 0 saturated heterocycles. The number of rotatable bonds is 4. The van der Waals surface area contributed by atoms with Crippen LogP contribution in [0.2, 0.25) is 0 Å². The molecule has 106 valence electrons. The molecule has 0 aliphatic heterocycles. The third-order valence-corrected chi connectivity index (χ3v) is 5.40. The van der Waals surface area contributed by atoms with Gasteiger partial charge in [0, 0.05) is 0 Å². The zero-order valence-corrected chi connectivity index (χ0v) is 12.4. The van der Waals surface area contributed by atoms with Crippen molar-refractivity contribution in [3.63, 3.8) is 0 Å². The molecule has 1 unspecified atom stereocenters. The highest BCUT2D eigenvalue weighted by Crippen LogP contribution is 2.29. The number of hydrogen-bond donors (Lipinski definition) is 1. The number of aliphatic hydroxyl groups is 1. The van der Waals surface area contributed by atoms with Crippen LogP contribution >= 0.6 is 0 Å². The first-order chi connectivity index (χ1) is 9.45. The van der Waals surface area contributed by atoms with Crippen LogP contribution in [0, 0.1) is 13.8 Å². The van der Waals surface area contributed by atoms with Crippen molar-refractivity contribution in [1.29, 1.82) is 0 Å². The summed E-state index contributed by atoms with van der Waals surface area (Å²) in [6, 6.07) is 13.9. The fraction of sp³-hybridized carbons (Fsp3) is 0.250. The van der Waals surface area contributed by atoms with Crippen molar-refractivity contribution in [3.8, 4) is 0 Å². The molecule has 2 aromatic rings. The van der Waals surface area contributed by atoms with Gasteiger partial charge in [-0.1, -0.05) is 47.5 Å². The first kappa shape index (κ1) is 14.8. The minimum absolute atomic E-state index is 0.239. The molecule has 0 amide bonds. The molecule has 2 rings (SSSR count). The summed E-state index contributed by atoms with van der Waals surface area (Å²) in [5, 5.41) is 8.62. The fourth-order valence-electron chi connectivity index (χ4n) is 2.15. The lowest BCUT2D eigenvalue weighted by Crippen LogP contribution is -2.17. The van der Waals surface area contributed by atoms with E-state index in [1.807, 2.05) is 19.9 Å². The van der Waals surface area contributed by atoms with Gasteiger partial charge in [0.15, 0.2) is 9.84 Å². The van der Waals surface area contributed by atoms with Gasteiger partial charge in [0.05, 0.1) is 11.5 Å². The lowest BCUT2D eigenvalue weighted by Gasteiger charge is -2.16. The summed E-state index contributed by atoms with van der Waals surface area (Å²) in [5.41, 5.74) is 2.59. The van der Waals surface area contributed by atoms with Crippen molar-refractivity contribution in [3.05, 3.63) is 65.2 Å². The molecule has 0 radical (unpaired) electrons. The zero-order chi connectivity index (χ0) is 14.8. The summed E-state index contributed by atoms with van der Waals surface area (Å²) in [5.74, 6) is 0. The monoisotopic (exact) mass is 290 g/mol. The predicted octanol–water partition coefficient (Wildman–Crippen LogP) is 2.81. The van der Waals surface area contributed by atoms with Crippen molar-refractivity contribution >= 4 is 9.84 Å². The van der Waals surface area contributed by atoms with Gasteiger partial charge in [-0.2, -0.15) is 0 Å². The van der Waals surface area contributed by atoms with E-state index < -0.39 is 21.7 Å². The summed E-state index contributed by atoms with van der Waals surface area (Å²) in [6.45, 7) is 3.37. The van der Waals surface area contributed by atoms with Crippen LogP contribution in [-0.2, 0) is 9.84 Å². The molecule has 0 aliphatic rings. The van der Waals surface area contributed by atoms with Gasteiger partial charge in [-0.3, -0.25) is 0 Å². The number of aliphatic hydroxyl groups excluding tert-OH is 1. The molecule has 0 aromatic heterocycles. The van der Waals surface area contributed by atoms with Gasteiger partial charge in [0.25, 0.3) is 0 Å². The first-order valence-electron chi connectivity index (χ1n) is 6.43. The van der Waals surface area contributed by atoms with E-state index in [1.54, 1.807) is 42.5 Å². The van der Waals surface area contributed by atoms with Crippen molar-refractivity contribution in [2.75, 3.05) is 6.61 Å². The van der Waals surface area contributed by atoms with E-state index in [0.29, 0.717) is 5.56 Å². The topological polar surface area (TPSA) is 54.4 Å². The molecule has 20 heavy (non-hydrogen) atoms. The average molecular weight is 290 g/mol. The van der Waals surface area contributed by atoms with Gasteiger partial charge < -0.3 is 5.11 Å². The summed E-state index contributed by atoms with van der Waals surface area (Å²) in [7, 11) is -3.59. The molecule has 0 saturated carbocycles. The van der Waals surface area contributed by atoms with Crippen LogP contribution in [0.15, 0.2) is 53.4 Å². The van der Waals surface area contributed by atoms with Crippen LogP contribution in [0.3, 0.4) is 0 Å². The molecular formula is C16H18O3S. The van der Waals surface area contributed by atoms with Crippen LogP contribution in [-0.4, -0.2) is 20.1 Å². The molecule has 0 aliphatic carbocycles. The van der Waals surface area contributed by atoms with Gasteiger partial charge >= 0.3 is 0 Å². The number of sulfone groups is 1. The average Bonchev–Trinajstić information content (AvgIpc) is 2.40. The molecule has 0 spiro atoms. The second-order valence-electron chi connectivity index (χ2n) is 4.94. The van der Waals surface area contributed by atoms with Crippen molar-refractivity contribution in [2.24, 2.45) is 0 Å². The Morgan fingerprint density at radius 3 is 2.20 bits per heavy atom. The maximum Gasteiger partial charge on any atom is 0.187 e. The van der Waals surface area contributed by atoms with Crippen LogP contribution in [0.1, 0.15) is 21.9 Å². The SMILES string of the molecule is Cc1ccc(S(=O)(=O)C(CO)c2cccc(C)c2)cc1. The van der Waals surface area contributed by atoms with Crippen LogP contribution in [0.25, 0.3) is 0 Å². The van der Waals surface area contributed by atoms with Crippen LogP contribution < -0.4 is 0 Å². The molecule has 0 bridgehead atoms. The lowest BCUT2D eigenvalue weighted by molar-refractivity contribution is 0.291. The van der Waals surface area contributed by atoms with E-state index in [9.17, 15) is 13.5 Å². The van der Waals surface area contributed by atoms with E-state index in [1.165, 1.54) is 0 Å². The summed E-state index contributed by atoms with van der Waals surface area (Å²) < 4.78 is 25.3. The molecule has 2 aromatic carbocycles. The van der Waals surface area contributed by atoms with Crippen molar-refractivity contribution in [2.45, 2.75) is 24.0 Å². The van der Waals surface area contributed by atoms with E-state index in [0.717, 1.165) is 11.1 Å². The Balaban J connectivity index is 2.47. The second kappa shape index (κ2) is 5.77. The van der Waals surface area contributed by atoms with Gasteiger partial charge in [-0.15, -0.1) is 0 Å². The van der Waals surface area contributed by atoms with Crippen LogP contribution in [0.5, 0.6) is 0 Å². The lowest BCUT2D eigenvalue weighted by atomic mass is 10.1. The zero-order valence-electron chi connectivity index (χ0n) is 11.6. The van der Waals surface area contributed by atoms with E-state index in [4.69, 9.17) is 0 Å². The van der Waals surface area contributed by atoms with Crippen molar-refractivity contribution in [1.82, 2.24) is 0 Å². The number of aryl methyl sites for hydroxylation is 2. The Hall–Kier alpha value is -1.65. The Kier molecular flexibility index (Phi) is 4.26. The van der Waals surface area contributed by atoms with E-state index in [-0.39, 0.29) is 4.90 Å². The predicted molar refractivity (Wildman–Crippen MR) is 79.4 cm³/mol. The summed E-state index contributed by atoms with van der Waals surface area (Å²) in [4.78, 5) is 0.239. The second-order valence-corrected chi connectivity index (χ2v) is 7.07. The van der Waals surface area contributed by atoms with Crippen molar-refractivity contribution < 1.29 is 13.5 Å². The third kappa shape index (κ3) is 2.92. The smallest absolute Gasteiger partial charge is 0.187 e. The molecule has 1 atom stereocenters. The highest BCUT2D eigenvalue weighted by atomic mass is 32.2. The molecule has 0 heterocycles. The standard InChI is InChI=1S/C16H18O3S/c1-12-6-8-15(9-7-12)20(18,19)16(11-17)14-5-3-4-13(2)10-14/h3-10,16-17H,11H2,1-2H3. The number of hydrogen-bond acceptors (Lipinski definition) is 3. The highest BCUT2D eigenvalue weighted by Gasteiger charge is 2.28. The maximum absolute atomic E-state index is 12.6. The molecule has 1 N–H and O–H groups in total. The molecule has 0 fully saturated rings. The van der Waals surface area contributed by atoms with E-state index in [2.05, 4.69) is 0 Å². The Bertz CT molecular complexity index is 688. The summed E-state index contributed by atoms with van der Waals surface area (Å²) >= 11 is 0. The normalized spacial score (nSPS) is 13.2. The molecule has 4 heteroatoms. The van der Waals surface area contributed by atoms with Gasteiger partial charge in [-0.25, -0.2) is 8.42 Å². The largest absolute Gasteiger partial charge is 0.395 e. The highest BCUT2D eigenvalue weighted by molar-refractivity contribution is 7.91. The maximum atomic E-state index is 12.6. The van der Waals surface area contributed by atoms with Crippen LogP contribution in [0.4, 0.5) is 0 Å². The summed E-state index contributed by atoms with van der Waals surface area (Å²) in [6.07, 6.45) is 0. The van der Waals surface area contributed by atoms with Gasteiger partial charge in [0.2, 0.25) is 0 Å². The Morgan fingerprint density at radius 2 is 1.65 bits per heavy atom. The number of benzene rings is 2. The minimum Gasteiger partial charge on any atom is -0.395 e. The fourth-order valence-corrected chi connectivity index (χ4v) is 3.69. The third-order valence-electron chi connectivity index (χ3n) is 3.30. The van der Waals surface area contributed by atoms with Gasteiger partial charge in [0.1, 0.15) is 5.25 Å². The Morgan fingerprint density at radius 1 is 1.00 bits per heavy atom. The first-order valence-corrected chi connectivity index (χ1v) is 7.98. The molecule has 3 nitrogen and oxygen atoms in total. The minimum atomic E-state index is -3.59.